The maximum atomic E-state index is 5.83. The van der Waals surface area contributed by atoms with E-state index in [9.17, 15) is 0 Å². The van der Waals surface area contributed by atoms with E-state index in [2.05, 4.69) is 21.8 Å². The number of nitrogen functional groups attached to an aromatic ring is 1. The van der Waals surface area contributed by atoms with Crippen molar-refractivity contribution in [2.45, 2.75) is 19.4 Å². The van der Waals surface area contributed by atoms with Gasteiger partial charge in [0, 0.05) is 13.1 Å². The lowest BCUT2D eigenvalue weighted by molar-refractivity contribution is 0.0382. The van der Waals surface area contributed by atoms with Crippen molar-refractivity contribution in [2.75, 3.05) is 30.3 Å². The van der Waals surface area contributed by atoms with E-state index in [1.165, 1.54) is 6.33 Å². The van der Waals surface area contributed by atoms with Gasteiger partial charge in [-0.3, -0.25) is 0 Å². The van der Waals surface area contributed by atoms with Crippen LogP contribution in [0.15, 0.2) is 12.5 Å². The van der Waals surface area contributed by atoms with Crippen molar-refractivity contribution in [3.05, 3.63) is 12.5 Å². The number of nitrogens with two attached hydrogens (primary N) is 1. The summed E-state index contributed by atoms with van der Waals surface area (Å²) < 4.78 is 5.59. The Balaban J connectivity index is 2.13. The van der Waals surface area contributed by atoms with Crippen LogP contribution >= 0.6 is 0 Å². The number of nitrogens with zero attached hydrogens (tertiary/aromatic N) is 3. The first-order chi connectivity index (χ1) is 7.31. The number of aromatic nitrogens is 2. The van der Waals surface area contributed by atoms with Crippen LogP contribution in [0, 0.1) is 0 Å². The van der Waals surface area contributed by atoms with Crippen molar-refractivity contribution in [1.29, 1.82) is 0 Å². The number of anilines is 2. The first kappa shape index (κ1) is 10.2. The molecule has 1 saturated heterocycles. The summed E-state index contributed by atoms with van der Waals surface area (Å²) in [5.74, 6) is 0.826. The summed E-state index contributed by atoms with van der Waals surface area (Å²) in [6, 6.07) is 0. The molecule has 0 saturated carbocycles. The first-order valence-electron chi connectivity index (χ1n) is 5.23. The van der Waals surface area contributed by atoms with Gasteiger partial charge in [-0.1, -0.05) is 6.92 Å². The number of rotatable bonds is 2. The molecular formula is C10H16N4O. The molecule has 2 rings (SSSR count). The zero-order valence-electron chi connectivity index (χ0n) is 8.89. The number of ether oxygens (including phenoxy) is 1. The summed E-state index contributed by atoms with van der Waals surface area (Å²) in [6.07, 6.45) is 4.47. The third kappa shape index (κ3) is 2.18. The summed E-state index contributed by atoms with van der Waals surface area (Å²) in [5.41, 5.74) is 6.46. The van der Waals surface area contributed by atoms with E-state index in [1.54, 1.807) is 6.20 Å². The molecule has 1 aliphatic heterocycles. The average molecular weight is 208 g/mol. The highest BCUT2D eigenvalue weighted by atomic mass is 16.5. The van der Waals surface area contributed by atoms with Gasteiger partial charge in [0.15, 0.2) is 5.82 Å². The third-order valence-corrected chi connectivity index (χ3v) is 2.61. The second-order valence-corrected chi connectivity index (χ2v) is 3.65. The summed E-state index contributed by atoms with van der Waals surface area (Å²) >= 11 is 0. The minimum atomic E-state index is 0.285. The standard InChI is InChI=1S/C10H16N4O/c1-2-8-6-14(3-4-15-8)10-9(11)5-12-7-13-10/h5,7-8H,2-4,6,11H2,1H3. The minimum absolute atomic E-state index is 0.285. The van der Waals surface area contributed by atoms with Crippen LogP contribution in [-0.2, 0) is 4.74 Å². The maximum absolute atomic E-state index is 5.83. The monoisotopic (exact) mass is 208 g/mol. The molecule has 5 nitrogen and oxygen atoms in total. The van der Waals surface area contributed by atoms with Gasteiger partial charge < -0.3 is 15.4 Å². The van der Waals surface area contributed by atoms with Gasteiger partial charge in [0.2, 0.25) is 0 Å². The molecule has 0 bridgehead atoms. The molecule has 1 aromatic rings. The highest BCUT2D eigenvalue weighted by molar-refractivity contribution is 5.61. The number of morpholine rings is 1. The van der Waals surface area contributed by atoms with Gasteiger partial charge in [-0.2, -0.15) is 0 Å². The molecule has 1 atom stereocenters. The van der Waals surface area contributed by atoms with Crippen LogP contribution in [-0.4, -0.2) is 35.8 Å². The normalized spacial score (nSPS) is 21.7. The molecule has 0 spiro atoms. The molecule has 82 valence electrons. The topological polar surface area (TPSA) is 64.3 Å². The van der Waals surface area contributed by atoms with Crippen LogP contribution in [0.4, 0.5) is 11.5 Å². The molecule has 1 aromatic heterocycles. The largest absolute Gasteiger partial charge is 0.394 e. The van der Waals surface area contributed by atoms with E-state index in [4.69, 9.17) is 10.5 Å². The Hall–Kier alpha value is -1.36. The highest BCUT2D eigenvalue weighted by Gasteiger charge is 2.21. The van der Waals surface area contributed by atoms with E-state index in [1.807, 2.05) is 0 Å². The van der Waals surface area contributed by atoms with Gasteiger partial charge in [0.05, 0.1) is 24.6 Å². The predicted molar refractivity (Wildman–Crippen MR) is 58.7 cm³/mol. The maximum Gasteiger partial charge on any atom is 0.155 e. The molecular weight excluding hydrogens is 192 g/mol. The van der Waals surface area contributed by atoms with Crippen molar-refractivity contribution in [1.82, 2.24) is 9.97 Å². The lowest BCUT2D eigenvalue weighted by Crippen LogP contribution is -2.42. The molecule has 1 fully saturated rings. The lowest BCUT2D eigenvalue weighted by atomic mass is 10.2. The van der Waals surface area contributed by atoms with Crippen LogP contribution in [0.3, 0.4) is 0 Å². The Bertz CT molecular complexity index is 331. The Morgan fingerprint density at radius 2 is 2.53 bits per heavy atom. The number of hydrogen-bond donors (Lipinski definition) is 1. The molecule has 15 heavy (non-hydrogen) atoms. The molecule has 0 radical (unpaired) electrons. The van der Waals surface area contributed by atoms with Crippen molar-refractivity contribution in [3.63, 3.8) is 0 Å². The zero-order chi connectivity index (χ0) is 10.7. The Morgan fingerprint density at radius 1 is 1.67 bits per heavy atom. The van der Waals surface area contributed by atoms with E-state index < -0.39 is 0 Å². The molecule has 0 amide bonds. The average Bonchev–Trinajstić information content (AvgIpc) is 2.30. The lowest BCUT2D eigenvalue weighted by Gasteiger charge is -2.33. The van der Waals surface area contributed by atoms with Crippen LogP contribution in [0.25, 0.3) is 0 Å². The summed E-state index contributed by atoms with van der Waals surface area (Å²) in [4.78, 5) is 10.3. The van der Waals surface area contributed by atoms with Gasteiger partial charge in [0.1, 0.15) is 6.33 Å². The van der Waals surface area contributed by atoms with Crippen molar-refractivity contribution in [3.8, 4) is 0 Å². The second kappa shape index (κ2) is 4.44. The predicted octanol–water partition coefficient (Wildman–Crippen LogP) is 0.674. The Kier molecular flexibility index (Phi) is 3.01. The van der Waals surface area contributed by atoms with E-state index in [-0.39, 0.29) is 6.10 Å². The van der Waals surface area contributed by atoms with Crippen LogP contribution in [0.1, 0.15) is 13.3 Å². The molecule has 2 N–H and O–H groups in total. The molecule has 2 heterocycles. The highest BCUT2D eigenvalue weighted by Crippen LogP contribution is 2.21. The quantitative estimate of drug-likeness (QED) is 0.774. The molecule has 0 aliphatic carbocycles. The summed E-state index contributed by atoms with van der Waals surface area (Å²) in [5, 5.41) is 0. The fourth-order valence-electron chi connectivity index (χ4n) is 1.76. The van der Waals surface area contributed by atoms with Crippen LogP contribution < -0.4 is 10.6 Å². The van der Waals surface area contributed by atoms with Crippen molar-refractivity contribution >= 4 is 11.5 Å². The van der Waals surface area contributed by atoms with Gasteiger partial charge in [-0.05, 0) is 6.42 Å². The second-order valence-electron chi connectivity index (χ2n) is 3.65. The van der Waals surface area contributed by atoms with Crippen LogP contribution in [0.5, 0.6) is 0 Å². The fraction of sp³-hybridized carbons (Fsp3) is 0.600. The SMILES string of the molecule is CCC1CN(c2ncncc2N)CCO1. The first-order valence-corrected chi connectivity index (χ1v) is 5.23. The fourth-order valence-corrected chi connectivity index (χ4v) is 1.76. The smallest absolute Gasteiger partial charge is 0.155 e. The molecule has 5 heteroatoms. The minimum Gasteiger partial charge on any atom is -0.394 e. The van der Waals surface area contributed by atoms with Gasteiger partial charge in [-0.15, -0.1) is 0 Å². The van der Waals surface area contributed by atoms with E-state index in [0.717, 1.165) is 31.9 Å². The van der Waals surface area contributed by atoms with E-state index in [0.29, 0.717) is 5.69 Å². The summed E-state index contributed by atoms with van der Waals surface area (Å²) in [6.45, 7) is 4.56. The third-order valence-electron chi connectivity index (χ3n) is 2.61. The van der Waals surface area contributed by atoms with E-state index >= 15 is 0 Å². The molecule has 0 aromatic carbocycles. The van der Waals surface area contributed by atoms with Gasteiger partial charge >= 0.3 is 0 Å². The zero-order valence-corrected chi connectivity index (χ0v) is 8.89. The van der Waals surface area contributed by atoms with Crippen molar-refractivity contribution < 1.29 is 4.74 Å². The Labute approximate surface area is 89.3 Å². The van der Waals surface area contributed by atoms with Gasteiger partial charge in [-0.25, -0.2) is 9.97 Å². The molecule has 1 unspecified atom stereocenters. The van der Waals surface area contributed by atoms with Crippen molar-refractivity contribution in [2.24, 2.45) is 0 Å². The molecule has 1 aliphatic rings. The summed E-state index contributed by atoms with van der Waals surface area (Å²) in [7, 11) is 0. The van der Waals surface area contributed by atoms with Crippen LogP contribution in [0.2, 0.25) is 0 Å². The Morgan fingerprint density at radius 3 is 3.27 bits per heavy atom. The van der Waals surface area contributed by atoms with Gasteiger partial charge in [0.25, 0.3) is 0 Å². The number of hydrogen-bond acceptors (Lipinski definition) is 5.